The van der Waals surface area contributed by atoms with Crippen molar-refractivity contribution in [1.29, 1.82) is 0 Å². The van der Waals surface area contributed by atoms with Crippen LogP contribution in [0.1, 0.15) is 46.6 Å². The molecule has 2 atom stereocenters. The predicted molar refractivity (Wildman–Crippen MR) is 97.0 cm³/mol. The minimum absolute atomic E-state index is 0.0844. The van der Waals surface area contributed by atoms with Crippen LogP contribution in [0.5, 0.6) is 0 Å². The molecule has 2 fully saturated rings. The third kappa shape index (κ3) is 3.61. The van der Waals surface area contributed by atoms with Crippen LogP contribution in [0.4, 0.5) is 19.3 Å². The van der Waals surface area contributed by atoms with Gasteiger partial charge in [0.25, 0.3) is 11.6 Å². The van der Waals surface area contributed by atoms with Crippen molar-refractivity contribution in [3.63, 3.8) is 0 Å². The highest BCUT2D eigenvalue weighted by molar-refractivity contribution is 5.69. The molecule has 3 rings (SSSR count). The number of benzene rings is 1. The fourth-order valence-electron chi connectivity index (χ4n) is 3.68. The monoisotopic (exact) mass is 384 g/mol. The van der Waals surface area contributed by atoms with Crippen molar-refractivity contribution >= 4 is 11.8 Å². The van der Waals surface area contributed by atoms with Crippen LogP contribution in [-0.2, 0) is 10.2 Å². The number of ether oxygens (including phenoxy) is 1. The molecule has 27 heavy (non-hydrogen) atoms. The molecule has 0 N–H and O–H groups in total. The van der Waals surface area contributed by atoms with E-state index >= 15 is 0 Å². The van der Waals surface area contributed by atoms with E-state index in [1.54, 1.807) is 20.8 Å². The van der Waals surface area contributed by atoms with Crippen molar-refractivity contribution in [2.75, 3.05) is 13.1 Å². The molecule has 1 saturated heterocycles. The Balaban J connectivity index is 0.00000126. The average Bonchev–Trinajstić information content (AvgIpc) is 3.11. The maximum absolute atomic E-state index is 14.6. The van der Waals surface area contributed by atoms with Gasteiger partial charge in [0.15, 0.2) is 0 Å². The first-order chi connectivity index (χ1) is 12.5. The summed E-state index contributed by atoms with van der Waals surface area (Å²) >= 11 is 0. The number of piperidine rings is 1. The summed E-state index contributed by atoms with van der Waals surface area (Å²) in [6, 6.07) is 5.29. The Hall–Kier alpha value is -2.25. The summed E-state index contributed by atoms with van der Waals surface area (Å²) in [5, 5.41) is 10.7. The molecule has 0 bridgehead atoms. The minimum atomic E-state index is -2.94. The van der Waals surface area contributed by atoms with Crippen molar-refractivity contribution in [3.05, 3.63) is 39.9 Å². The normalized spacial score (nSPS) is 25.6. The Morgan fingerprint density at radius 2 is 1.81 bits per heavy atom. The van der Waals surface area contributed by atoms with Crippen LogP contribution in [-0.4, -0.2) is 40.5 Å². The zero-order chi connectivity index (χ0) is 20.6. The number of rotatable bonds is 2. The highest BCUT2D eigenvalue weighted by Gasteiger charge is 2.82. The first-order valence-electron chi connectivity index (χ1n) is 9.10. The highest BCUT2D eigenvalue weighted by atomic mass is 19.3. The van der Waals surface area contributed by atoms with Crippen LogP contribution in [0.25, 0.3) is 0 Å². The lowest BCUT2D eigenvalue weighted by Crippen LogP contribution is -2.43. The fourth-order valence-corrected chi connectivity index (χ4v) is 3.68. The standard InChI is InChI=1S/C17H20F2N2O4.C2H6/c1-15(2,3)25-14(22)20-9-8-16(13(10-20)17(16,18)19)11-4-6-12(7-5-11)21(23)24;1-2/h4-7,13H,8-10H2,1-3H3;1-2H3. The molecule has 2 aliphatic rings. The van der Waals surface area contributed by atoms with Crippen molar-refractivity contribution in [2.45, 2.75) is 58.0 Å². The first kappa shape index (κ1) is 21.1. The van der Waals surface area contributed by atoms with E-state index in [4.69, 9.17) is 4.74 Å². The third-order valence-corrected chi connectivity index (χ3v) is 4.97. The maximum atomic E-state index is 14.6. The van der Waals surface area contributed by atoms with Crippen LogP contribution in [0, 0.1) is 16.0 Å². The highest BCUT2D eigenvalue weighted by Crippen LogP contribution is 2.70. The molecule has 1 aromatic rings. The number of nitro groups is 1. The summed E-state index contributed by atoms with van der Waals surface area (Å²) in [4.78, 5) is 23.6. The van der Waals surface area contributed by atoms with Gasteiger partial charge in [-0.1, -0.05) is 26.0 Å². The van der Waals surface area contributed by atoms with E-state index in [9.17, 15) is 23.7 Å². The second-order valence-electron chi connectivity index (χ2n) is 7.63. The van der Waals surface area contributed by atoms with Crippen LogP contribution in [0.2, 0.25) is 0 Å². The van der Waals surface area contributed by atoms with Crippen LogP contribution < -0.4 is 0 Å². The zero-order valence-corrected chi connectivity index (χ0v) is 16.3. The van der Waals surface area contributed by atoms with E-state index in [1.807, 2.05) is 13.8 Å². The van der Waals surface area contributed by atoms with Crippen LogP contribution >= 0.6 is 0 Å². The molecule has 1 saturated carbocycles. The Morgan fingerprint density at radius 3 is 2.26 bits per heavy atom. The first-order valence-corrected chi connectivity index (χ1v) is 9.10. The summed E-state index contributed by atoms with van der Waals surface area (Å²) in [7, 11) is 0. The molecular weight excluding hydrogens is 358 g/mol. The van der Waals surface area contributed by atoms with Gasteiger partial charge in [0, 0.05) is 25.2 Å². The summed E-state index contributed by atoms with van der Waals surface area (Å²) in [5.74, 6) is -3.94. The van der Waals surface area contributed by atoms with Gasteiger partial charge in [-0.2, -0.15) is 0 Å². The van der Waals surface area contributed by atoms with E-state index < -0.39 is 33.9 Å². The Kier molecular flexibility index (Phi) is 5.50. The number of alkyl halides is 2. The molecule has 8 heteroatoms. The lowest BCUT2D eigenvalue weighted by Gasteiger charge is -2.32. The summed E-state index contributed by atoms with van der Waals surface area (Å²) < 4.78 is 34.4. The van der Waals surface area contributed by atoms with Gasteiger partial charge < -0.3 is 9.64 Å². The van der Waals surface area contributed by atoms with E-state index in [0.717, 1.165) is 0 Å². The maximum Gasteiger partial charge on any atom is 0.410 e. The minimum Gasteiger partial charge on any atom is -0.444 e. The number of hydrogen-bond acceptors (Lipinski definition) is 4. The number of carbonyl (C=O) groups excluding carboxylic acids is 1. The van der Waals surface area contributed by atoms with Gasteiger partial charge >= 0.3 is 6.09 Å². The third-order valence-electron chi connectivity index (χ3n) is 4.97. The lowest BCUT2D eigenvalue weighted by atomic mass is 9.87. The smallest absolute Gasteiger partial charge is 0.410 e. The number of nitro benzene ring substituents is 1. The quantitative estimate of drug-likeness (QED) is 0.544. The number of carbonyl (C=O) groups is 1. The van der Waals surface area contributed by atoms with Crippen molar-refractivity contribution in [1.82, 2.24) is 4.90 Å². The van der Waals surface area contributed by atoms with Crippen molar-refractivity contribution in [3.8, 4) is 0 Å². The van der Waals surface area contributed by atoms with Crippen molar-refractivity contribution in [2.24, 2.45) is 5.92 Å². The Labute approximate surface area is 157 Å². The number of non-ortho nitro benzene ring substituents is 1. The SMILES string of the molecule is CC.CC(C)(C)OC(=O)N1CCC2(c3ccc([N+](=O)[O-])cc3)C(C1)C2(F)F. The number of fused-ring (bicyclic) bond motifs is 1. The van der Waals surface area contributed by atoms with Gasteiger partial charge in [-0.05, 0) is 32.8 Å². The average molecular weight is 384 g/mol. The second kappa shape index (κ2) is 7.05. The van der Waals surface area contributed by atoms with Crippen LogP contribution in [0.3, 0.4) is 0 Å². The van der Waals surface area contributed by atoms with E-state index in [-0.39, 0.29) is 25.2 Å². The Bertz CT molecular complexity index is 715. The molecule has 0 radical (unpaired) electrons. The topological polar surface area (TPSA) is 72.7 Å². The number of nitrogens with zero attached hydrogens (tertiary/aromatic N) is 2. The molecule has 6 nitrogen and oxygen atoms in total. The molecule has 0 spiro atoms. The molecule has 1 aromatic carbocycles. The molecule has 1 aliphatic heterocycles. The number of halogens is 2. The molecule has 1 heterocycles. The second-order valence-corrected chi connectivity index (χ2v) is 7.63. The van der Waals surface area contributed by atoms with E-state index in [0.29, 0.717) is 5.56 Å². The molecule has 1 aliphatic carbocycles. The van der Waals surface area contributed by atoms with Gasteiger partial charge in [-0.3, -0.25) is 10.1 Å². The van der Waals surface area contributed by atoms with Gasteiger partial charge in [-0.15, -0.1) is 0 Å². The number of hydrogen-bond donors (Lipinski definition) is 0. The van der Waals surface area contributed by atoms with Gasteiger partial charge in [0.05, 0.1) is 16.3 Å². The van der Waals surface area contributed by atoms with Gasteiger partial charge in [0.2, 0.25) is 0 Å². The molecule has 150 valence electrons. The fraction of sp³-hybridized carbons (Fsp3) is 0.632. The molecular formula is C19H26F2N2O4. The lowest BCUT2D eigenvalue weighted by molar-refractivity contribution is -0.384. The summed E-state index contributed by atoms with van der Waals surface area (Å²) in [6.45, 7) is 9.25. The molecule has 1 amide bonds. The van der Waals surface area contributed by atoms with E-state index in [2.05, 4.69) is 0 Å². The number of amides is 1. The summed E-state index contributed by atoms with van der Waals surface area (Å²) in [5.41, 5.74) is -1.78. The Morgan fingerprint density at radius 1 is 1.26 bits per heavy atom. The number of likely N-dealkylation sites (tertiary alicyclic amines) is 1. The van der Waals surface area contributed by atoms with Crippen LogP contribution in [0.15, 0.2) is 24.3 Å². The van der Waals surface area contributed by atoms with Crippen molar-refractivity contribution < 1.29 is 23.2 Å². The molecule has 2 unspecified atom stereocenters. The molecule has 0 aromatic heterocycles. The summed E-state index contributed by atoms with van der Waals surface area (Å²) in [6.07, 6.45) is -0.491. The van der Waals surface area contributed by atoms with E-state index in [1.165, 1.54) is 29.2 Å². The predicted octanol–water partition coefficient (Wildman–Crippen LogP) is 4.76. The largest absolute Gasteiger partial charge is 0.444 e. The zero-order valence-electron chi connectivity index (χ0n) is 16.3. The van der Waals surface area contributed by atoms with Gasteiger partial charge in [0.1, 0.15) is 5.60 Å². The van der Waals surface area contributed by atoms with Gasteiger partial charge in [-0.25, -0.2) is 13.6 Å².